The quantitative estimate of drug-likeness (QED) is 0.257. The van der Waals surface area contributed by atoms with E-state index in [0.29, 0.717) is 29.7 Å². The maximum atomic E-state index is 13.3. The summed E-state index contributed by atoms with van der Waals surface area (Å²) in [6.45, 7) is 8.05. The minimum Gasteiger partial charge on any atom is -0.463 e. The largest absolute Gasteiger partial charge is 0.463 e. The summed E-state index contributed by atoms with van der Waals surface area (Å²) in [4.78, 5) is 28.5. The van der Waals surface area contributed by atoms with Gasteiger partial charge in [0.15, 0.2) is 0 Å². The van der Waals surface area contributed by atoms with E-state index in [1.807, 2.05) is 32.0 Å². The van der Waals surface area contributed by atoms with E-state index in [0.717, 1.165) is 50.0 Å². The van der Waals surface area contributed by atoms with E-state index in [1.165, 1.54) is 12.1 Å². The molecule has 0 bridgehead atoms. The molecule has 8 heteroatoms. The highest BCUT2D eigenvalue weighted by Crippen LogP contribution is 2.35. The molecule has 3 aromatic rings. The van der Waals surface area contributed by atoms with Crippen LogP contribution in [0.25, 0.3) is 11.1 Å². The number of ether oxygens (including phenoxy) is 1. The zero-order chi connectivity index (χ0) is 30.3. The molecular weight excluding hydrogens is 541 g/mol. The highest BCUT2D eigenvalue weighted by molar-refractivity contribution is 6.01. The number of nitrogens with zero attached hydrogens (tertiary/aromatic N) is 1. The van der Waals surface area contributed by atoms with Crippen LogP contribution in [0.15, 0.2) is 78.9 Å². The Hall–Kier alpha value is -3.65. The third kappa shape index (κ3) is 7.79. The molecule has 4 rings (SSSR count). The van der Waals surface area contributed by atoms with Crippen LogP contribution < -0.4 is 5.32 Å². The SMILES string of the molecule is CCC(CC(=O)OC(C)C)(CN1CCC(NC(=O)c2ccccc2-c2ccc(C(F)(F)F)cc2)CC1)c1ccccc1. The first kappa shape index (κ1) is 31.3. The topological polar surface area (TPSA) is 58.6 Å². The molecule has 1 N–H and O–H groups in total. The van der Waals surface area contributed by atoms with Crippen molar-refractivity contribution in [2.75, 3.05) is 19.6 Å². The lowest BCUT2D eigenvalue weighted by molar-refractivity contribution is -0.149. The van der Waals surface area contributed by atoms with E-state index >= 15 is 0 Å². The maximum Gasteiger partial charge on any atom is 0.416 e. The number of halogens is 3. The van der Waals surface area contributed by atoms with Crippen LogP contribution in [-0.2, 0) is 21.1 Å². The Morgan fingerprint density at radius 3 is 2.12 bits per heavy atom. The van der Waals surface area contributed by atoms with E-state index < -0.39 is 11.7 Å². The lowest BCUT2D eigenvalue weighted by Crippen LogP contribution is -2.49. The summed E-state index contributed by atoms with van der Waals surface area (Å²) in [5.41, 5.74) is 1.57. The second kappa shape index (κ2) is 13.6. The summed E-state index contributed by atoms with van der Waals surface area (Å²) in [6.07, 6.45) is -2.02. The molecular formula is C34H39F3N2O3. The smallest absolute Gasteiger partial charge is 0.416 e. The second-order valence-electron chi connectivity index (χ2n) is 11.4. The van der Waals surface area contributed by atoms with Crippen LogP contribution in [0, 0.1) is 0 Å². The van der Waals surface area contributed by atoms with Crippen LogP contribution in [0.5, 0.6) is 0 Å². The molecule has 0 radical (unpaired) electrons. The van der Waals surface area contributed by atoms with E-state index in [4.69, 9.17) is 4.74 Å². The van der Waals surface area contributed by atoms with E-state index in [1.54, 1.807) is 24.3 Å². The summed E-state index contributed by atoms with van der Waals surface area (Å²) < 4.78 is 44.6. The Morgan fingerprint density at radius 1 is 0.905 bits per heavy atom. The zero-order valence-corrected chi connectivity index (χ0v) is 24.4. The number of hydrogen-bond acceptors (Lipinski definition) is 4. The van der Waals surface area contributed by atoms with Crippen molar-refractivity contribution in [1.29, 1.82) is 0 Å². The van der Waals surface area contributed by atoms with Crippen molar-refractivity contribution < 1.29 is 27.5 Å². The number of nitrogens with one attached hydrogen (secondary N) is 1. The molecule has 1 saturated heterocycles. The monoisotopic (exact) mass is 580 g/mol. The Morgan fingerprint density at radius 2 is 1.52 bits per heavy atom. The van der Waals surface area contributed by atoms with E-state index in [9.17, 15) is 22.8 Å². The normalized spacial score (nSPS) is 16.2. The number of esters is 1. The van der Waals surface area contributed by atoms with Crippen LogP contribution in [0.3, 0.4) is 0 Å². The summed E-state index contributed by atoms with van der Waals surface area (Å²) >= 11 is 0. The van der Waals surface area contributed by atoms with Crippen molar-refractivity contribution in [3.63, 3.8) is 0 Å². The molecule has 0 aromatic heterocycles. The first-order valence-electron chi connectivity index (χ1n) is 14.6. The lowest BCUT2D eigenvalue weighted by atomic mass is 9.74. The van der Waals surface area contributed by atoms with Gasteiger partial charge in [0.05, 0.1) is 18.1 Å². The van der Waals surface area contributed by atoms with Gasteiger partial charge in [-0.3, -0.25) is 9.59 Å². The average Bonchev–Trinajstić information content (AvgIpc) is 2.97. The number of amides is 1. The summed E-state index contributed by atoms with van der Waals surface area (Å²) in [5, 5.41) is 3.14. The van der Waals surface area contributed by atoms with Crippen LogP contribution in [0.4, 0.5) is 13.2 Å². The molecule has 1 heterocycles. The first-order valence-corrected chi connectivity index (χ1v) is 14.6. The fourth-order valence-electron chi connectivity index (χ4n) is 5.76. The molecule has 1 aliphatic heterocycles. The predicted molar refractivity (Wildman–Crippen MR) is 158 cm³/mol. The Balaban J connectivity index is 1.42. The van der Waals surface area contributed by atoms with Gasteiger partial charge in [-0.25, -0.2) is 0 Å². The van der Waals surface area contributed by atoms with Crippen LogP contribution >= 0.6 is 0 Å². The highest BCUT2D eigenvalue weighted by atomic mass is 19.4. The number of rotatable bonds is 10. The summed E-state index contributed by atoms with van der Waals surface area (Å²) in [5.74, 6) is -0.447. The van der Waals surface area contributed by atoms with Gasteiger partial charge in [-0.05, 0) is 68.0 Å². The minimum atomic E-state index is -4.42. The van der Waals surface area contributed by atoms with E-state index in [-0.39, 0.29) is 29.4 Å². The Labute approximate surface area is 246 Å². The Bertz CT molecular complexity index is 1330. The Kier molecular flexibility index (Phi) is 10.1. The molecule has 1 aliphatic rings. The number of piperidine rings is 1. The van der Waals surface area contributed by atoms with Gasteiger partial charge in [0.1, 0.15) is 0 Å². The van der Waals surface area contributed by atoms with Gasteiger partial charge in [0, 0.05) is 36.7 Å². The molecule has 42 heavy (non-hydrogen) atoms. The number of benzene rings is 3. The first-order chi connectivity index (χ1) is 20.0. The van der Waals surface area contributed by atoms with Crippen molar-refractivity contribution in [3.8, 4) is 11.1 Å². The van der Waals surface area contributed by atoms with Gasteiger partial charge in [-0.2, -0.15) is 13.2 Å². The molecule has 3 aromatic carbocycles. The number of alkyl halides is 3. The predicted octanol–water partition coefficient (Wildman–Crippen LogP) is 7.26. The maximum absolute atomic E-state index is 13.3. The van der Waals surface area contributed by atoms with Crippen molar-refractivity contribution in [1.82, 2.24) is 10.2 Å². The van der Waals surface area contributed by atoms with Gasteiger partial charge in [0.2, 0.25) is 0 Å². The summed E-state index contributed by atoms with van der Waals surface area (Å²) in [6, 6.07) is 21.9. The van der Waals surface area contributed by atoms with Crippen molar-refractivity contribution >= 4 is 11.9 Å². The minimum absolute atomic E-state index is 0.0342. The van der Waals surface area contributed by atoms with Gasteiger partial charge in [-0.15, -0.1) is 0 Å². The van der Waals surface area contributed by atoms with Crippen molar-refractivity contribution in [2.24, 2.45) is 0 Å². The zero-order valence-electron chi connectivity index (χ0n) is 24.4. The molecule has 224 valence electrons. The van der Waals surface area contributed by atoms with E-state index in [2.05, 4.69) is 29.3 Å². The molecule has 1 fully saturated rings. The molecule has 1 amide bonds. The number of hydrogen-bond donors (Lipinski definition) is 1. The molecule has 0 aliphatic carbocycles. The number of carbonyl (C=O) groups excluding carboxylic acids is 2. The van der Waals surface area contributed by atoms with Crippen LogP contribution in [-0.4, -0.2) is 48.6 Å². The van der Waals surface area contributed by atoms with Gasteiger partial charge in [0.25, 0.3) is 5.91 Å². The molecule has 0 saturated carbocycles. The molecule has 1 atom stereocenters. The highest BCUT2D eigenvalue weighted by Gasteiger charge is 2.37. The number of likely N-dealkylation sites (tertiary alicyclic amines) is 1. The summed E-state index contributed by atoms with van der Waals surface area (Å²) in [7, 11) is 0. The molecule has 1 unspecified atom stereocenters. The number of carbonyl (C=O) groups is 2. The van der Waals surface area contributed by atoms with Crippen molar-refractivity contribution in [2.45, 2.75) is 70.2 Å². The fraction of sp³-hybridized carbons (Fsp3) is 0.412. The second-order valence-corrected chi connectivity index (χ2v) is 11.4. The molecule has 5 nitrogen and oxygen atoms in total. The standard InChI is InChI=1S/C34H39F3N2O3/c1-4-33(22-31(40)42-24(2)3,26-10-6-5-7-11-26)23-39-20-18-28(19-21-39)38-32(41)30-13-9-8-12-29(30)25-14-16-27(17-15-25)34(35,36)37/h5-17,24,28H,4,18-23H2,1-3H3,(H,38,41). The molecule has 0 spiro atoms. The van der Waals surface area contributed by atoms with Crippen LogP contribution in [0.2, 0.25) is 0 Å². The van der Waals surface area contributed by atoms with Crippen molar-refractivity contribution in [3.05, 3.63) is 95.6 Å². The fourth-order valence-corrected chi connectivity index (χ4v) is 5.76. The third-order valence-corrected chi connectivity index (χ3v) is 8.06. The van der Waals surface area contributed by atoms with Gasteiger partial charge >= 0.3 is 12.1 Å². The lowest BCUT2D eigenvalue weighted by Gasteiger charge is -2.41. The third-order valence-electron chi connectivity index (χ3n) is 8.06. The average molecular weight is 581 g/mol. The van der Waals surface area contributed by atoms with Gasteiger partial charge in [-0.1, -0.05) is 67.6 Å². The van der Waals surface area contributed by atoms with Crippen LogP contribution in [0.1, 0.15) is 67.9 Å². The van der Waals surface area contributed by atoms with Gasteiger partial charge < -0.3 is 15.0 Å².